The van der Waals surface area contributed by atoms with Crippen LogP contribution in [0, 0.1) is 17.8 Å². The van der Waals surface area contributed by atoms with Crippen molar-refractivity contribution in [2.75, 3.05) is 0 Å². The summed E-state index contributed by atoms with van der Waals surface area (Å²) in [6.07, 6.45) is 4.52. The lowest BCUT2D eigenvalue weighted by molar-refractivity contribution is -0.654. The van der Waals surface area contributed by atoms with Crippen molar-refractivity contribution in [2.24, 2.45) is 24.8 Å². The topological polar surface area (TPSA) is 55.3 Å². The van der Waals surface area contributed by atoms with Gasteiger partial charge in [-0.2, -0.15) is 0 Å². The van der Waals surface area contributed by atoms with Gasteiger partial charge in [-0.1, -0.05) is 58.4 Å². The number of para-hydroxylation sites is 2. The molecular weight excluding hydrogens is 424 g/mol. The molecule has 0 unspecified atom stereocenters. The number of benzene rings is 2. The zero-order valence-corrected chi connectivity index (χ0v) is 21.2. The molecule has 0 bridgehead atoms. The number of aryl methyl sites for hydroxylation is 1. The Balaban J connectivity index is 1.75. The molecule has 34 heavy (non-hydrogen) atoms. The second-order valence-electron chi connectivity index (χ2n) is 10.4. The number of rotatable bonds is 7. The largest absolute Gasteiger partial charge is 0.508 e. The maximum atomic E-state index is 14.0. The minimum absolute atomic E-state index is 0.0424. The maximum Gasteiger partial charge on any atom is 0.352 e. The number of phenols is 1. The van der Waals surface area contributed by atoms with Crippen LogP contribution in [0.15, 0.2) is 48.5 Å². The highest BCUT2D eigenvalue weighted by Crippen LogP contribution is 2.36. The summed E-state index contributed by atoms with van der Waals surface area (Å²) >= 11 is 0. The minimum Gasteiger partial charge on any atom is -0.508 e. The van der Waals surface area contributed by atoms with Crippen LogP contribution in [0.1, 0.15) is 64.4 Å². The molecule has 2 aromatic carbocycles. The number of imidazole rings is 1. The number of nitrogens with zero attached hydrogens (tertiary/aromatic N) is 2. The molecule has 0 amide bonds. The summed E-state index contributed by atoms with van der Waals surface area (Å²) in [5.74, 6) is 2.62. The van der Waals surface area contributed by atoms with Gasteiger partial charge in [0.2, 0.25) is 6.04 Å². The van der Waals surface area contributed by atoms with Gasteiger partial charge in [0.15, 0.2) is 11.0 Å². The molecule has 4 rings (SSSR count). The fraction of sp³-hybridized carbons (Fsp3) is 0.517. The molecule has 0 spiro atoms. The first kappa shape index (κ1) is 24.3. The van der Waals surface area contributed by atoms with Crippen LogP contribution in [-0.2, 0) is 29.4 Å². The van der Waals surface area contributed by atoms with E-state index in [9.17, 15) is 9.90 Å². The van der Waals surface area contributed by atoms with Crippen LogP contribution in [-0.4, -0.2) is 21.7 Å². The lowest BCUT2D eigenvalue weighted by Gasteiger charge is -2.37. The van der Waals surface area contributed by atoms with E-state index in [0.717, 1.165) is 41.7 Å². The first-order chi connectivity index (χ1) is 16.3. The molecule has 0 saturated heterocycles. The number of hydrogen-bond donors (Lipinski definition) is 1. The highest BCUT2D eigenvalue weighted by Gasteiger charge is 2.39. The average molecular weight is 464 g/mol. The van der Waals surface area contributed by atoms with E-state index in [2.05, 4.69) is 56.0 Å². The fourth-order valence-electron chi connectivity index (χ4n) is 5.76. The van der Waals surface area contributed by atoms with Crippen molar-refractivity contribution < 1.29 is 19.2 Å². The van der Waals surface area contributed by atoms with Gasteiger partial charge in [0.05, 0.1) is 7.05 Å². The van der Waals surface area contributed by atoms with Crippen LogP contribution in [0.4, 0.5) is 0 Å². The number of ether oxygens (including phenoxy) is 1. The van der Waals surface area contributed by atoms with Crippen molar-refractivity contribution in [3.63, 3.8) is 0 Å². The van der Waals surface area contributed by atoms with Crippen molar-refractivity contribution in [3.8, 4) is 5.75 Å². The van der Waals surface area contributed by atoms with Gasteiger partial charge in [0, 0.05) is 12.8 Å². The molecule has 1 saturated carbocycles. The Morgan fingerprint density at radius 3 is 2.53 bits per heavy atom. The third-order valence-corrected chi connectivity index (χ3v) is 7.66. The van der Waals surface area contributed by atoms with Crippen molar-refractivity contribution in [3.05, 3.63) is 59.9 Å². The molecule has 4 atom stereocenters. The van der Waals surface area contributed by atoms with Gasteiger partial charge in [-0.3, -0.25) is 0 Å². The predicted octanol–water partition coefficient (Wildman–Crippen LogP) is 5.52. The second kappa shape index (κ2) is 10.2. The molecule has 1 N–H and O–H groups in total. The van der Waals surface area contributed by atoms with Gasteiger partial charge in [-0.15, -0.1) is 0 Å². The molecule has 182 valence electrons. The first-order valence-electron chi connectivity index (χ1n) is 12.8. The normalized spacial score (nSPS) is 21.6. The number of esters is 1. The Morgan fingerprint density at radius 1 is 1.15 bits per heavy atom. The molecule has 0 aliphatic heterocycles. The van der Waals surface area contributed by atoms with Gasteiger partial charge >= 0.3 is 5.97 Å². The Labute approximate surface area is 203 Å². The SMILES string of the molecule is CCc1n([C@H](Cc2ccc(O)cc2)C(=O)O[C@@H]2C[C@H](C)CC[C@H]2C(C)C)c2ccccc2[n+]1C. The van der Waals surface area contributed by atoms with E-state index in [1.807, 2.05) is 24.3 Å². The van der Waals surface area contributed by atoms with E-state index in [4.69, 9.17) is 4.74 Å². The summed E-state index contributed by atoms with van der Waals surface area (Å²) in [6, 6.07) is 14.9. The third-order valence-electron chi connectivity index (χ3n) is 7.66. The van der Waals surface area contributed by atoms with Gasteiger partial charge in [-0.25, -0.2) is 13.9 Å². The van der Waals surface area contributed by atoms with Crippen molar-refractivity contribution in [1.82, 2.24) is 4.57 Å². The van der Waals surface area contributed by atoms with E-state index >= 15 is 0 Å². The van der Waals surface area contributed by atoms with Crippen molar-refractivity contribution in [2.45, 2.75) is 71.9 Å². The first-order valence-corrected chi connectivity index (χ1v) is 12.8. The quantitative estimate of drug-likeness (QED) is 0.371. The molecule has 1 aliphatic rings. The van der Waals surface area contributed by atoms with E-state index in [1.54, 1.807) is 12.1 Å². The summed E-state index contributed by atoms with van der Waals surface area (Å²) in [5.41, 5.74) is 3.15. The van der Waals surface area contributed by atoms with Gasteiger partial charge in [0.1, 0.15) is 11.9 Å². The van der Waals surface area contributed by atoms with Crippen LogP contribution in [0.3, 0.4) is 0 Å². The van der Waals surface area contributed by atoms with Gasteiger partial charge in [0.25, 0.3) is 5.82 Å². The summed E-state index contributed by atoms with van der Waals surface area (Å²) in [4.78, 5) is 14.0. The Morgan fingerprint density at radius 2 is 1.85 bits per heavy atom. The molecular formula is C29H39N2O3+. The smallest absolute Gasteiger partial charge is 0.352 e. The van der Waals surface area contributed by atoms with Gasteiger partial charge in [-0.05, 0) is 60.4 Å². The van der Waals surface area contributed by atoms with Crippen molar-refractivity contribution >= 4 is 17.0 Å². The molecule has 0 radical (unpaired) electrons. The zero-order chi connectivity index (χ0) is 24.4. The third kappa shape index (κ3) is 4.84. The molecule has 3 aromatic rings. The Bertz CT molecular complexity index is 1130. The summed E-state index contributed by atoms with van der Waals surface area (Å²) in [6.45, 7) is 8.87. The number of carbonyl (C=O) groups is 1. The van der Waals surface area contributed by atoms with Crippen LogP contribution in [0.25, 0.3) is 11.0 Å². The van der Waals surface area contributed by atoms with E-state index in [0.29, 0.717) is 24.2 Å². The second-order valence-corrected chi connectivity index (χ2v) is 10.4. The highest BCUT2D eigenvalue weighted by atomic mass is 16.5. The Kier molecular flexibility index (Phi) is 7.30. The molecule has 5 heteroatoms. The monoisotopic (exact) mass is 463 g/mol. The lowest BCUT2D eigenvalue weighted by atomic mass is 9.75. The van der Waals surface area contributed by atoms with Crippen LogP contribution in [0.5, 0.6) is 5.75 Å². The lowest BCUT2D eigenvalue weighted by Crippen LogP contribution is -2.39. The summed E-state index contributed by atoms with van der Waals surface area (Å²) in [7, 11) is 2.07. The molecule has 1 aliphatic carbocycles. The molecule has 1 heterocycles. The molecule has 1 fully saturated rings. The molecule has 5 nitrogen and oxygen atoms in total. The molecule has 1 aromatic heterocycles. The number of phenolic OH excluding ortho intramolecular Hbond substituents is 1. The van der Waals surface area contributed by atoms with Crippen LogP contribution >= 0.6 is 0 Å². The summed E-state index contributed by atoms with van der Waals surface area (Å²) in [5, 5.41) is 9.77. The number of fused-ring (bicyclic) bond motifs is 1. The number of carbonyl (C=O) groups excluding carboxylic acids is 1. The Hall–Kier alpha value is -2.82. The van der Waals surface area contributed by atoms with E-state index in [-0.39, 0.29) is 17.8 Å². The predicted molar refractivity (Wildman–Crippen MR) is 135 cm³/mol. The fourth-order valence-corrected chi connectivity index (χ4v) is 5.76. The number of hydrogen-bond acceptors (Lipinski definition) is 3. The van der Waals surface area contributed by atoms with Crippen LogP contribution in [0.2, 0.25) is 0 Å². The average Bonchev–Trinajstić information content (AvgIpc) is 3.10. The summed E-state index contributed by atoms with van der Waals surface area (Å²) < 4.78 is 10.8. The van der Waals surface area contributed by atoms with Crippen LogP contribution < -0.4 is 4.57 Å². The highest BCUT2D eigenvalue weighted by molar-refractivity contribution is 5.80. The van der Waals surface area contributed by atoms with E-state index < -0.39 is 6.04 Å². The maximum absolute atomic E-state index is 14.0. The number of aromatic hydroxyl groups is 1. The van der Waals surface area contributed by atoms with E-state index in [1.165, 1.54) is 6.42 Å². The van der Waals surface area contributed by atoms with Crippen molar-refractivity contribution in [1.29, 1.82) is 0 Å². The van der Waals surface area contributed by atoms with Gasteiger partial charge < -0.3 is 9.84 Å². The standard InChI is InChI=1S/C29H38N2O3/c1-6-28-30(5)24-9-7-8-10-25(24)31(28)26(18-21-12-14-22(32)15-13-21)29(33)34-27-17-20(4)11-16-23(27)19(2)3/h7-10,12-15,19-20,23,26-27H,6,11,16-18H2,1-5H3/p+1/t20-,23+,26-,27-/m1/s1. The minimum atomic E-state index is -0.476. The number of aromatic nitrogens is 2. The zero-order valence-electron chi connectivity index (χ0n) is 21.2.